The van der Waals surface area contributed by atoms with Crippen molar-refractivity contribution in [3.05, 3.63) is 0 Å². The van der Waals surface area contributed by atoms with Crippen LogP contribution in [0, 0.1) is 0 Å². The van der Waals surface area contributed by atoms with Crippen LogP contribution in [0.2, 0.25) is 0 Å². The Labute approximate surface area is 78.7 Å². The fourth-order valence-electron chi connectivity index (χ4n) is 0.596. The highest BCUT2D eigenvalue weighted by Crippen LogP contribution is 2.49. The Bertz CT molecular complexity index is 185. The van der Waals surface area contributed by atoms with E-state index in [4.69, 9.17) is 13.8 Å². The van der Waals surface area contributed by atoms with Gasteiger partial charge in [0.15, 0.2) is 6.40 Å². The summed E-state index contributed by atoms with van der Waals surface area (Å²) in [6.45, 7) is 6.31. The maximum Gasteiger partial charge on any atom is 0.456 e. The second kappa shape index (κ2) is 7.06. The van der Waals surface area contributed by atoms with Gasteiger partial charge in [0.2, 0.25) is 0 Å². The molecule has 0 atom stereocenters. The third-order valence-corrected chi connectivity index (χ3v) is 2.56. The monoisotopic (exact) mass is 209 g/mol. The molecule has 0 heterocycles. The molecule has 5 nitrogen and oxygen atoms in total. The Balaban J connectivity index is 4.14. The van der Waals surface area contributed by atoms with Gasteiger partial charge in [0.25, 0.3) is 0 Å². The van der Waals surface area contributed by atoms with Gasteiger partial charge in [-0.15, -0.1) is 4.76 Å². The number of hydrogen-bond donors (Lipinski definition) is 0. The minimum absolute atomic E-state index is 0.292. The molecule has 0 saturated carbocycles. The molecule has 0 unspecified atom stereocenters. The number of nitrogens with zero attached hydrogens (tertiary/aromatic N) is 1. The predicted molar refractivity (Wildman–Crippen MR) is 51.0 cm³/mol. The van der Waals surface area contributed by atoms with Crippen molar-refractivity contribution >= 4 is 14.1 Å². The molecule has 6 heteroatoms. The van der Waals surface area contributed by atoms with Crippen molar-refractivity contribution < 1.29 is 18.3 Å². The second-order valence-electron chi connectivity index (χ2n) is 1.98. The first kappa shape index (κ1) is 12.6. The van der Waals surface area contributed by atoms with E-state index in [-0.39, 0.29) is 0 Å². The zero-order valence-corrected chi connectivity index (χ0v) is 9.12. The van der Waals surface area contributed by atoms with E-state index >= 15 is 0 Å². The lowest BCUT2D eigenvalue weighted by Crippen LogP contribution is -1.94. The van der Waals surface area contributed by atoms with Gasteiger partial charge in [-0.3, -0.25) is 9.05 Å². The summed E-state index contributed by atoms with van der Waals surface area (Å²) >= 11 is 0. The van der Waals surface area contributed by atoms with Gasteiger partial charge in [0.05, 0.1) is 19.8 Å². The summed E-state index contributed by atoms with van der Waals surface area (Å²) in [5, 5.41) is 0. The van der Waals surface area contributed by atoms with Gasteiger partial charge in [0, 0.05) is 0 Å². The van der Waals surface area contributed by atoms with Crippen LogP contribution in [0.4, 0.5) is 0 Å². The van der Waals surface area contributed by atoms with Crippen LogP contribution in [-0.2, 0) is 18.3 Å². The van der Waals surface area contributed by atoms with Crippen molar-refractivity contribution in [2.24, 2.45) is 4.76 Å². The molecular formula is C7H16NO4P. The lowest BCUT2D eigenvalue weighted by Gasteiger charge is -2.10. The summed E-state index contributed by atoms with van der Waals surface area (Å²) in [6, 6.07) is 0. The first-order chi connectivity index (χ1) is 6.18. The molecule has 0 N–H and O–H groups in total. The minimum Gasteiger partial charge on any atom is -0.483 e. The average Bonchev–Trinajstić information content (AvgIpc) is 2.05. The fourth-order valence-corrected chi connectivity index (χ4v) is 1.64. The van der Waals surface area contributed by atoms with E-state index < -0.39 is 7.75 Å². The molecule has 0 aromatic heterocycles. The lowest BCUT2D eigenvalue weighted by atomic mass is 10.9. The van der Waals surface area contributed by atoms with Crippen LogP contribution in [0.1, 0.15) is 20.8 Å². The van der Waals surface area contributed by atoms with E-state index in [9.17, 15) is 4.57 Å². The molecule has 0 amide bonds. The topological polar surface area (TPSA) is 57.1 Å². The quantitative estimate of drug-likeness (QED) is 0.366. The third-order valence-electron chi connectivity index (χ3n) is 1.01. The highest BCUT2D eigenvalue weighted by molar-refractivity contribution is 7.52. The van der Waals surface area contributed by atoms with Crippen molar-refractivity contribution in [1.29, 1.82) is 0 Å². The summed E-state index contributed by atoms with van der Waals surface area (Å²) in [4.78, 5) is 0. The average molecular weight is 209 g/mol. The van der Waals surface area contributed by atoms with Crippen molar-refractivity contribution in [1.82, 2.24) is 0 Å². The van der Waals surface area contributed by atoms with Crippen LogP contribution < -0.4 is 0 Å². The van der Waals surface area contributed by atoms with Crippen LogP contribution in [0.15, 0.2) is 4.76 Å². The Morgan fingerprint density at radius 1 is 1.15 bits per heavy atom. The molecule has 0 fully saturated rings. The Morgan fingerprint density at radius 3 is 2.08 bits per heavy atom. The second-order valence-corrected chi connectivity index (χ2v) is 3.66. The first-order valence-electron chi connectivity index (χ1n) is 4.23. The number of ether oxygens (including phenoxy) is 1. The minimum atomic E-state index is -3.30. The first-order valence-corrected chi connectivity index (χ1v) is 5.72. The van der Waals surface area contributed by atoms with Crippen LogP contribution in [0.5, 0.6) is 0 Å². The van der Waals surface area contributed by atoms with Crippen molar-refractivity contribution in [2.75, 3.05) is 19.8 Å². The maximum absolute atomic E-state index is 11.6. The smallest absolute Gasteiger partial charge is 0.456 e. The largest absolute Gasteiger partial charge is 0.483 e. The highest BCUT2D eigenvalue weighted by atomic mass is 31.2. The van der Waals surface area contributed by atoms with Crippen molar-refractivity contribution in [3.63, 3.8) is 0 Å². The van der Waals surface area contributed by atoms with Crippen LogP contribution >= 0.6 is 7.75 Å². The Kier molecular flexibility index (Phi) is 6.86. The van der Waals surface area contributed by atoms with Gasteiger partial charge in [-0.05, 0) is 20.8 Å². The van der Waals surface area contributed by atoms with Gasteiger partial charge in [-0.25, -0.2) is 4.57 Å². The lowest BCUT2D eigenvalue weighted by molar-refractivity contribution is 0.220. The van der Waals surface area contributed by atoms with E-state index in [0.29, 0.717) is 19.8 Å². The van der Waals surface area contributed by atoms with E-state index in [1.54, 1.807) is 20.8 Å². The molecule has 0 spiro atoms. The van der Waals surface area contributed by atoms with Crippen LogP contribution in [0.25, 0.3) is 0 Å². The molecule has 13 heavy (non-hydrogen) atoms. The molecule has 78 valence electrons. The zero-order chi connectivity index (χ0) is 10.2. The summed E-state index contributed by atoms with van der Waals surface area (Å²) in [6.07, 6.45) is 1.10. The SMILES string of the molecule is CCO/C=N/P(=O)(OCC)OCC. The molecule has 0 aromatic carbocycles. The Morgan fingerprint density at radius 2 is 1.69 bits per heavy atom. The van der Waals surface area contributed by atoms with E-state index in [2.05, 4.69) is 4.76 Å². The maximum atomic E-state index is 11.6. The van der Waals surface area contributed by atoms with Crippen LogP contribution in [-0.4, -0.2) is 26.2 Å². The van der Waals surface area contributed by atoms with Crippen molar-refractivity contribution in [3.8, 4) is 0 Å². The molecule has 0 rings (SSSR count). The number of rotatable bonds is 7. The fraction of sp³-hybridized carbons (Fsp3) is 0.857. The molecular weight excluding hydrogens is 193 g/mol. The van der Waals surface area contributed by atoms with Gasteiger partial charge >= 0.3 is 7.75 Å². The highest BCUT2D eigenvalue weighted by Gasteiger charge is 2.21. The summed E-state index contributed by atoms with van der Waals surface area (Å²) in [5.74, 6) is 0. The third kappa shape index (κ3) is 5.80. The van der Waals surface area contributed by atoms with Gasteiger partial charge in [0.1, 0.15) is 0 Å². The van der Waals surface area contributed by atoms with E-state index in [0.717, 1.165) is 6.40 Å². The van der Waals surface area contributed by atoms with Gasteiger partial charge < -0.3 is 4.74 Å². The van der Waals surface area contributed by atoms with Crippen LogP contribution in [0.3, 0.4) is 0 Å². The summed E-state index contributed by atoms with van der Waals surface area (Å²) in [7, 11) is -3.30. The van der Waals surface area contributed by atoms with Gasteiger partial charge in [-0.2, -0.15) is 0 Å². The summed E-state index contributed by atoms with van der Waals surface area (Å²) < 4.78 is 29.7. The predicted octanol–water partition coefficient (Wildman–Crippen LogP) is 2.23. The molecule has 0 aliphatic rings. The normalized spacial score (nSPS) is 12.2. The van der Waals surface area contributed by atoms with Gasteiger partial charge in [-0.1, -0.05) is 0 Å². The zero-order valence-electron chi connectivity index (χ0n) is 8.23. The van der Waals surface area contributed by atoms with E-state index in [1.807, 2.05) is 0 Å². The molecule has 0 aliphatic heterocycles. The standard InChI is InChI=1S/C7H16NO4P/c1-4-10-7-8-13(9,11-5-2)12-6-3/h7H,4-6H2,1-3H3/b8-7+. The molecule has 0 radical (unpaired) electrons. The van der Waals surface area contributed by atoms with Crippen molar-refractivity contribution in [2.45, 2.75) is 20.8 Å². The Hall–Kier alpha value is -0.380. The molecule has 0 bridgehead atoms. The molecule has 0 aromatic rings. The number of hydrogen-bond acceptors (Lipinski definition) is 4. The molecule has 0 aliphatic carbocycles. The molecule has 0 saturated heterocycles. The van der Waals surface area contributed by atoms with E-state index in [1.165, 1.54) is 0 Å². The summed E-state index contributed by atoms with van der Waals surface area (Å²) in [5.41, 5.74) is 0.